The maximum absolute atomic E-state index is 14.4. The molecule has 8 nitrogen and oxygen atoms in total. The molecule has 1 N–H and O–H groups in total. The fourth-order valence-electron chi connectivity index (χ4n) is 6.05. The molecule has 1 aromatic rings. The van der Waals surface area contributed by atoms with E-state index in [0.717, 1.165) is 60.3 Å². The Labute approximate surface area is 246 Å². The minimum atomic E-state index is -4.02. The van der Waals surface area contributed by atoms with Crippen molar-refractivity contribution in [3.63, 3.8) is 0 Å². The van der Waals surface area contributed by atoms with Gasteiger partial charge in [0.05, 0.1) is 17.5 Å². The summed E-state index contributed by atoms with van der Waals surface area (Å²) >= 11 is 3.37. The van der Waals surface area contributed by atoms with Crippen molar-refractivity contribution in [3.8, 4) is 0 Å². The molecule has 3 saturated heterocycles. The van der Waals surface area contributed by atoms with Gasteiger partial charge in [-0.15, -0.1) is 0 Å². The van der Waals surface area contributed by atoms with Crippen molar-refractivity contribution in [3.05, 3.63) is 28.2 Å². The third-order valence-corrected chi connectivity index (χ3v) is 10.9. The van der Waals surface area contributed by atoms with E-state index in [2.05, 4.69) is 26.1 Å². The number of nitrogens with zero attached hydrogens (tertiary/aromatic N) is 3. The Morgan fingerprint density at radius 3 is 2.77 bits per heavy atom. The summed E-state index contributed by atoms with van der Waals surface area (Å²) in [5.74, 6) is -2.39. The lowest BCUT2D eigenvalue weighted by Crippen LogP contribution is -2.52. The van der Waals surface area contributed by atoms with Crippen LogP contribution in [0.3, 0.4) is 0 Å². The largest absolute Gasteiger partial charge is 0.370 e. The molecular formula is C28H43BrF2N4O4S. The molecule has 0 bridgehead atoms. The summed E-state index contributed by atoms with van der Waals surface area (Å²) in [4.78, 5) is 17.2. The van der Waals surface area contributed by atoms with Crippen LogP contribution >= 0.6 is 15.9 Å². The molecule has 0 radical (unpaired) electrons. The third kappa shape index (κ3) is 8.44. The molecule has 2 atom stereocenters. The zero-order valence-corrected chi connectivity index (χ0v) is 25.8. The highest BCUT2D eigenvalue weighted by Gasteiger charge is 2.45. The van der Waals surface area contributed by atoms with Crippen LogP contribution in [0.5, 0.6) is 0 Å². The molecule has 0 saturated carbocycles. The minimum Gasteiger partial charge on any atom is -0.370 e. The number of ether oxygens (including phenoxy) is 1. The standard InChI is InChI=1S/C28H43BrF2N4O4S/c1-2-23-17-24(29)6-7-26(23)40(37,38)35-14-9-28(30,31)18-25(35)20-39-21-27(36)34-13-4-12-33(15-16-34)11-3-5-22-8-10-32-19-22/h6-7,17,22,25,32H,2-5,8-16,18-21H2,1H3/t22?,25-/m0/s1. The van der Waals surface area contributed by atoms with E-state index in [0.29, 0.717) is 25.1 Å². The number of nitrogens with one attached hydrogen (secondary N) is 1. The number of alkyl halides is 2. The highest BCUT2D eigenvalue weighted by Crippen LogP contribution is 2.36. The Morgan fingerprint density at radius 1 is 1.20 bits per heavy atom. The second-order valence-corrected chi connectivity index (χ2v) is 14.1. The van der Waals surface area contributed by atoms with Gasteiger partial charge in [-0.3, -0.25) is 4.79 Å². The Hall–Kier alpha value is -1.18. The predicted octanol–water partition coefficient (Wildman–Crippen LogP) is 3.74. The van der Waals surface area contributed by atoms with Crippen LogP contribution < -0.4 is 5.32 Å². The summed E-state index contributed by atoms with van der Waals surface area (Å²) in [5, 5.41) is 3.41. The molecule has 1 amide bonds. The first-order valence-corrected chi connectivity index (χ1v) is 16.8. The summed E-state index contributed by atoms with van der Waals surface area (Å²) in [5.41, 5.74) is 0.618. The number of rotatable bonds is 11. The molecule has 3 aliphatic rings. The number of piperidine rings is 1. The second kappa shape index (κ2) is 14.3. The number of amides is 1. The third-order valence-electron chi connectivity index (χ3n) is 8.36. The van der Waals surface area contributed by atoms with Crippen LogP contribution in [0.25, 0.3) is 0 Å². The number of sulfonamides is 1. The Bertz CT molecular complexity index is 1100. The van der Waals surface area contributed by atoms with Crippen molar-refractivity contribution in [2.45, 2.75) is 68.7 Å². The van der Waals surface area contributed by atoms with Crippen molar-refractivity contribution < 1.29 is 26.7 Å². The maximum atomic E-state index is 14.4. The number of carbonyl (C=O) groups excluding carboxylic acids is 1. The van der Waals surface area contributed by atoms with Crippen LogP contribution in [0.4, 0.5) is 8.78 Å². The van der Waals surface area contributed by atoms with Gasteiger partial charge in [-0.2, -0.15) is 4.31 Å². The lowest BCUT2D eigenvalue weighted by atomic mass is 10.0. The fourth-order valence-corrected chi connectivity index (χ4v) is 8.34. The van der Waals surface area contributed by atoms with E-state index < -0.39 is 34.8 Å². The summed E-state index contributed by atoms with van der Waals surface area (Å²) in [6, 6.07) is 3.85. The van der Waals surface area contributed by atoms with E-state index in [9.17, 15) is 22.0 Å². The van der Waals surface area contributed by atoms with Crippen molar-refractivity contribution in [2.24, 2.45) is 5.92 Å². The van der Waals surface area contributed by atoms with E-state index in [-0.39, 0.29) is 30.6 Å². The van der Waals surface area contributed by atoms with E-state index in [1.807, 2.05) is 6.92 Å². The molecule has 0 spiro atoms. The van der Waals surface area contributed by atoms with Crippen molar-refractivity contribution in [2.75, 3.05) is 65.6 Å². The van der Waals surface area contributed by atoms with Gasteiger partial charge in [-0.1, -0.05) is 22.9 Å². The van der Waals surface area contributed by atoms with E-state index in [1.54, 1.807) is 17.0 Å². The monoisotopic (exact) mass is 648 g/mol. The topological polar surface area (TPSA) is 82.2 Å². The summed E-state index contributed by atoms with van der Waals surface area (Å²) in [6.45, 7) is 7.34. The van der Waals surface area contributed by atoms with Crippen LogP contribution in [0.2, 0.25) is 0 Å². The normalized spacial score (nSPS) is 24.8. The first-order valence-electron chi connectivity index (χ1n) is 14.6. The maximum Gasteiger partial charge on any atom is 0.251 e. The van der Waals surface area contributed by atoms with Crippen molar-refractivity contribution in [1.82, 2.24) is 19.4 Å². The first kappa shape index (κ1) is 31.7. The average molecular weight is 650 g/mol. The number of carbonyl (C=O) groups is 1. The van der Waals surface area contributed by atoms with Crippen LogP contribution in [-0.4, -0.2) is 106 Å². The molecular weight excluding hydrogens is 606 g/mol. The Kier molecular flexibility index (Phi) is 11.4. The van der Waals surface area contributed by atoms with E-state index >= 15 is 0 Å². The SMILES string of the molecule is CCc1cc(Br)ccc1S(=O)(=O)N1CCC(F)(F)C[C@H]1COCC(=O)N1CCCN(CCCC2CCNC2)CC1. The Balaban J connectivity index is 1.30. The van der Waals surface area contributed by atoms with Gasteiger partial charge in [-0.05, 0) is 88.0 Å². The number of halogens is 3. The van der Waals surface area contributed by atoms with Gasteiger partial charge in [-0.25, -0.2) is 17.2 Å². The van der Waals surface area contributed by atoms with Gasteiger partial charge < -0.3 is 19.9 Å². The molecule has 1 aromatic carbocycles. The van der Waals surface area contributed by atoms with E-state index in [1.165, 1.54) is 18.9 Å². The summed E-state index contributed by atoms with van der Waals surface area (Å²) < 4.78 is 63.5. The van der Waals surface area contributed by atoms with Crippen LogP contribution in [-0.2, 0) is 26.0 Å². The molecule has 1 unspecified atom stereocenters. The molecule has 3 aliphatic heterocycles. The lowest BCUT2D eigenvalue weighted by molar-refractivity contribution is -0.137. The second-order valence-electron chi connectivity index (χ2n) is 11.3. The van der Waals surface area contributed by atoms with Crippen LogP contribution in [0.15, 0.2) is 27.6 Å². The summed E-state index contributed by atoms with van der Waals surface area (Å²) in [6.07, 6.45) is 3.84. The van der Waals surface area contributed by atoms with Crippen molar-refractivity contribution in [1.29, 1.82) is 0 Å². The number of aryl methyl sites for hydroxylation is 1. The predicted molar refractivity (Wildman–Crippen MR) is 154 cm³/mol. The van der Waals surface area contributed by atoms with E-state index in [4.69, 9.17) is 4.74 Å². The highest BCUT2D eigenvalue weighted by atomic mass is 79.9. The molecule has 40 heavy (non-hydrogen) atoms. The minimum absolute atomic E-state index is 0.124. The molecule has 0 aromatic heterocycles. The van der Waals surface area contributed by atoms with Crippen molar-refractivity contribution >= 4 is 31.9 Å². The summed E-state index contributed by atoms with van der Waals surface area (Å²) in [7, 11) is -4.02. The van der Waals surface area contributed by atoms with Crippen LogP contribution in [0.1, 0.15) is 51.0 Å². The molecule has 226 valence electrons. The molecule has 12 heteroatoms. The van der Waals surface area contributed by atoms with Crippen LogP contribution in [0, 0.1) is 5.92 Å². The molecule has 0 aliphatic carbocycles. The number of benzene rings is 1. The quantitative estimate of drug-likeness (QED) is 0.394. The highest BCUT2D eigenvalue weighted by molar-refractivity contribution is 9.10. The van der Waals surface area contributed by atoms with Gasteiger partial charge in [0, 0.05) is 43.5 Å². The zero-order valence-electron chi connectivity index (χ0n) is 23.4. The Morgan fingerprint density at radius 2 is 2.02 bits per heavy atom. The van der Waals surface area contributed by atoms with Gasteiger partial charge >= 0.3 is 0 Å². The van der Waals surface area contributed by atoms with Gasteiger partial charge in [0.25, 0.3) is 5.92 Å². The van der Waals surface area contributed by atoms with Gasteiger partial charge in [0.15, 0.2) is 0 Å². The van der Waals surface area contributed by atoms with Gasteiger partial charge in [0.1, 0.15) is 6.61 Å². The zero-order chi connectivity index (χ0) is 28.8. The molecule has 3 heterocycles. The number of hydrogen-bond acceptors (Lipinski definition) is 6. The smallest absolute Gasteiger partial charge is 0.251 e. The first-order chi connectivity index (χ1) is 19.1. The molecule has 3 fully saturated rings. The lowest BCUT2D eigenvalue weighted by Gasteiger charge is -2.38. The van der Waals surface area contributed by atoms with Gasteiger partial charge in [0.2, 0.25) is 15.9 Å². The molecule has 4 rings (SSSR count). The fraction of sp³-hybridized carbons (Fsp3) is 0.750. The number of hydrogen-bond donors (Lipinski definition) is 1. The average Bonchev–Trinajstić information content (AvgIpc) is 3.31.